The molecule has 0 saturated heterocycles. The molecule has 0 amide bonds. The summed E-state index contributed by atoms with van der Waals surface area (Å²) in [5.74, 6) is -3.18. The van der Waals surface area contributed by atoms with Gasteiger partial charge in [-0.3, -0.25) is 0 Å². The van der Waals surface area contributed by atoms with Gasteiger partial charge in [-0.1, -0.05) is 52.7 Å². The van der Waals surface area contributed by atoms with E-state index in [0.29, 0.717) is 23.2 Å². The zero-order valence-electron chi connectivity index (χ0n) is 11.5. The molecule has 1 nitrogen and oxygen atoms in total. The molecule has 0 bridgehead atoms. The molecule has 21 heavy (non-hydrogen) atoms. The summed E-state index contributed by atoms with van der Waals surface area (Å²) in [6.07, 6.45) is 7.70. The highest BCUT2D eigenvalue weighted by atomic mass is 35.5. The molecule has 2 rings (SSSR count). The molecule has 1 aromatic rings. The first kappa shape index (κ1) is 17.0. The van der Waals surface area contributed by atoms with Gasteiger partial charge < -0.3 is 0 Å². The Labute approximate surface area is 138 Å². The Balaban J connectivity index is 1.97. The average Bonchev–Trinajstić information content (AvgIpc) is 2.47. The Morgan fingerprint density at radius 1 is 1.24 bits per heavy atom. The highest BCUT2D eigenvalue weighted by Gasteiger charge is 2.52. The lowest BCUT2D eigenvalue weighted by Gasteiger charge is -2.29. The zero-order chi connectivity index (χ0) is 15.3. The van der Waals surface area contributed by atoms with E-state index in [1.165, 1.54) is 6.20 Å². The van der Waals surface area contributed by atoms with Crippen LogP contribution in [0.2, 0.25) is 0 Å². The molecule has 0 radical (unpaired) electrons. The Morgan fingerprint density at radius 2 is 2.05 bits per heavy atom. The minimum absolute atomic E-state index is 0.342. The zero-order valence-corrected chi connectivity index (χ0v) is 13.8. The van der Waals surface area contributed by atoms with Gasteiger partial charge in [0.2, 0.25) is 3.67 Å². The highest BCUT2D eigenvalue weighted by molar-refractivity contribution is 8.03. The molecule has 0 fully saturated rings. The summed E-state index contributed by atoms with van der Waals surface area (Å²) in [4.78, 5) is 3.98. The fourth-order valence-electron chi connectivity index (χ4n) is 2.21. The van der Waals surface area contributed by atoms with Gasteiger partial charge in [0.25, 0.3) is 5.92 Å². The topological polar surface area (TPSA) is 12.9 Å². The SMILES string of the molecule is FC(F)(CCC1=CCCCC1)C(Cl)(Cl)Sc1ccccn1. The predicted molar refractivity (Wildman–Crippen MR) is 85.3 cm³/mol. The van der Waals surface area contributed by atoms with Gasteiger partial charge in [0.05, 0.1) is 5.03 Å². The van der Waals surface area contributed by atoms with E-state index in [0.717, 1.165) is 31.3 Å². The maximum absolute atomic E-state index is 14.3. The molecule has 0 aliphatic heterocycles. The molecule has 0 N–H and O–H groups in total. The monoisotopic (exact) mass is 351 g/mol. The van der Waals surface area contributed by atoms with Gasteiger partial charge in [-0.2, -0.15) is 0 Å². The van der Waals surface area contributed by atoms with Crippen molar-refractivity contribution in [3.63, 3.8) is 0 Å². The van der Waals surface area contributed by atoms with Crippen LogP contribution in [-0.2, 0) is 0 Å². The van der Waals surface area contributed by atoms with Crippen LogP contribution in [-0.4, -0.2) is 14.6 Å². The van der Waals surface area contributed by atoms with Crippen LogP contribution in [0.4, 0.5) is 8.78 Å². The quantitative estimate of drug-likeness (QED) is 0.342. The molecule has 0 aromatic carbocycles. The second-order valence-corrected chi connectivity index (χ2v) is 8.11. The summed E-state index contributed by atoms with van der Waals surface area (Å²) in [7, 11) is 0. The molecule has 1 aromatic heterocycles. The predicted octanol–water partition coefficient (Wildman–Crippen LogP) is 6.22. The van der Waals surface area contributed by atoms with Gasteiger partial charge in [0.15, 0.2) is 0 Å². The Hall–Kier alpha value is -0.320. The minimum Gasteiger partial charge on any atom is -0.250 e. The maximum atomic E-state index is 14.3. The highest BCUT2D eigenvalue weighted by Crippen LogP contribution is 2.52. The number of pyridine rings is 1. The van der Waals surface area contributed by atoms with E-state index in [9.17, 15) is 8.78 Å². The number of aromatic nitrogens is 1. The summed E-state index contributed by atoms with van der Waals surface area (Å²) >= 11 is 12.5. The number of allylic oxidation sites excluding steroid dienone is 2. The van der Waals surface area contributed by atoms with Crippen LogP contribution in [0.3, 0.4) is 0 Å². The van der Waals surface area contributed by atoms with Crippen LogP contribution < -0.4 is 0 Å². The van der Waals surface area contributed by atoms with Crippen molar-refractivity contribution in [3.05, 3.63) is 36.0 Å². The smallest absolute Gasteiger partial charge is 0.250 e. The molecule has 0 unspecified atom stereocenters. The summed E-state index contributed by atoms with van der Waals surface area (Å²) in [6.45, 7) is 0. The maximum Gasteiger partial charge on any atom is 0.290 e. The third-order valence-electron chi connectivity index (χ3n) is 3.44. The number of halogens is 4. The van der Waals surface area contributed by atoms with E-state index >= 15 is 0 Å². The first-order valence-corrected chi connectivity index (χ1v) is 8.51. The van der Waals surface area contributed by atoms with Gasteiger partial charge >= 0.3 is 0 Å². The van der Waals surface area contributed by atoms with Crippen molar-refractivity contribution in [2.45, 2.75) is 53.1 Å². The fraction of sp³-hybridized carbons (Fsp3) is 0.533. The van der Waals surface area contributed by atoms with Crippen molar-refractivity contribution in [1.29, 1.82) is 0 Å². The average molecular weight is 352 g/mol. The standard InChI is InChI=1S/C15H17Cl2F2NS/c16-15(17,21-13-8-4-5-11-20-13)14(18,19)10-9-12-6-2-1-3-7-12/h4-6,8,11H,1-3,7,9-10H2. The van der Waals surface area contributed by atoms with Gasteiger partial charge in [-0.15, -0.1) is 0 Å². The Kier molecular flexibility index (Phi) is 5.92. The second-order valence-electron chi connectivity index (χ2n) is 5.10. The molecule has 0 atom stereocenters. The van der Waals surface area contributed by atoms with E-state index in [2.05, 4.69) is 11.1 Å². The molecule has 1 aliphatic rings. The van der Waals surface area contributed by atoms with Crippen LogP contribution in [0.1, 0.15) is 38.5 Å². The van der Waals surface area contributed by atoms with E-state index < -0.39 is 9.59 Å². The fourth-order valence-corrected chi connectivity index (χ4v) is 3.65. The lowest BCUT2D eigenvalue weighted by molar-refractivity contribution is -0.00155. The van der Waals surface area contributed by atoms with E-state index in [-0.39, 0.29) is 6.42 Å². The van der Waals surface area contributed by atoms with Gasteiger partial charge in [-0.25, -0.2) is 13.8 Å². The summed E-state index contributed by atoms with van der Waals surface area (Å²) in [5, 5.41) is 0.388. The van der Waals surface area contributed by atoms with Crippen molar-refractivity contribution < 1.29 is 8.78 Å². The van der Waals surface area contributed by atoms with Crippen LogP contribution in [0.15, 0.2) is 41.1 Å². The van der Waals surface area contributed by atoms with Gasteiger partial charge in [-0.05, 0) is 44.2 Å². The first-order chi connectivity index (χ1) is 9.91. The molecular weight excluding hydrogens is 335 g/mol. The van der Waals surface area contributed by atoms with Crippen LogP contribution in [0, 0.1) is 0 Å². The van der Waals surface area contributed by atoms with Crippen molar-refractivity contribution in [2.75, 3.05) is 0 Å². The lowest BCUT2D eigenvalue weighted by atomic mass is 9.95. The summed E-state index contributed by atoms with van der Waals surface area (Å²) in [6, 6.07) is 5.04. The van der Waals surface area contributed by atoms with Gasteiger partial charge in [0, 0.05) is 12.6 Å². The molecule has 0 spiro atoms. The van der Waals surface area contributed by atoms with E-state index in [1.807, 2.05) is 0 Å². The number of rotatable bonds is 6. The number of hydrogen-bond donors (Lipinski definition) is 0. The van der Waals surface area contributed by atoms with E-state index in [4.69, 9.17) is 23.2 Å². The number of thioether (sulfide) groups is 1. The van der Waals surface area contributed by atoms with E-state index in [1.54, 1.807) is 18.2 Å². The minimum atomic E-state index is -3.18. The van der Waals surface area contributed by atoms with Crippen molar-refractivity contribution >= 4 is 35.0 Å². The van der Waals surface area contributed by atoms with Gasteiger partial charge in [0.1, 0.15) is 0 Å². The third-order valence-corrected chi connectivity index (χ3v) is 5.46. The lowest BCUT2D eigenvalue weighted by Crippen LogP contribution is -2.35. The molecule has 6 heteroatoms. The van der Waals surface area contributed by atoms with Crippen LogP contribution in [0.5, 0.6) is 0 Å². The third kappa shape index (κ3) is 4.83. The largest absolute Gasteiger partial charge is 0.290 e. The number of hydrogen-bond acceptors (Lipinski definition) is 2. The first-order valence-electron chi connectivity index (χ1n) is 6.94. The molecule has 0 saturated carbocycles. The second kappa shape index (κ2) is 7.30. The Morgan fingerprint density at radius 3 is 2.67 bits per heavy atom. The number of nitrogens with zero attached hydrogens (tertiary/aromatic N) is 1. The normalized spacial score (nSPS) is 16.7. The Bertz CT molecular complexity index is 492. The summed E-state index contributed by atoms with van der Waals surface area (Å²) < 4.78 is 26.4. The molecular formula is C15H17Cl2F2NS. The number of alkyl halides is 4. The van der Waals surface area contributed by atoms with Crippen LogP contribution in [0.25, 0.3) is 0 Å². The van der Waals surface area contributed by atoms with Crippen molar-refractivity contribution in [1.82, 2.24) is 4.98 Å². The molecule has 116 valence electrons. The summed E-state index contributed by atoms with van der Waals surface area (Å²) in [5.41, 5.74) is 1.09. The molecule has 1 heterocycles. The van der Waals surface area contributed by atoms with Crippen molar-refractivity contribution in [2.24, 2.45) is 0 Å². The van der Waals surface area contributed by atoms with Crippen LogP contribution >= 0.6 is 35.0 Å². The van der Waals surface area contributed by atoms with Crippen molar-refractivity contribution in [3.8, 4) is 0 Å². The molecule has 1 aliphatic carbocycles.